The highest BCUT2D eigenvalue weighted by molar-refractivity contribution is 5.95. The van der Waals surface area contributed by atoms with E-state index in [1.54, 1.807) is 4.90 Å². The summed E-state index contributed by atoms with van der Waals surface area (Å²) in [6.45, 7) is 1.63. The molecule has 3 heterocycles. The highest BCUT2D eigenvalue weighted by Gasteiger charge is 2.47. The second kappa shape index (κ2) is 10.4. The Hall–Kier alpha value is -2.08. The summed E-state index contributed by atoms with van der Waals surface area (Å²) in [6.07, 6.45) is 15.7. The van der Waals surface area contributed by atoms with Crippen LogP contribution in [0.4, 0.5) is 10.5 Å². The summed E-state index contributed by atoms with van der Waals surface area (Å²) >= 11 is 0. The fraction of sp³-hybridized carbons (Fsp3) is 0.733. The van der Waals surface area contributed by atoms with Gasteiger partial charge >= 0.3 is 12.0 Å². The van der Waals surface area contributed by atoms with Crippen molar-refractivity contribution in [3.05, 3.63) is 30.3 Å². The quantitative estimate of drug-likeness (QED) is 0.579. The summed E-state index contributed by atoms with van der Waals surface area (Å²) in [5.74, 6) is 1.42. The third kappa shape index (κ3) is 4.66. The summed E-state index contributed by atoms with van der Waals surface area (Å²) in [5, 5.41) is 9.81. The Morgan fingerprint density at radius 2 is 1.56 bits per heavy atom. The fourth-order valence-corrected chi connectivity index (χ4v) is 8.66. The van der Waals surface area contributed by atoms with Crippen molar-refractivity contribution >= 4 is 17.7 Å². The summed E-state index contributed by atoms with van der Waals surface area (Å²) in [4.78, 5) is 32.6. The van der Waals surface area contributed by atoms with Gasteiger partial charge in [0.15, 0.2) is 0 Å². The number of anilines is 1. The van der Waals surface area contributed by atoms with E-state index in [0.29, 0.717) is 24.9 Å². The molecule has 36 heavy (non-hydrogen) atoms. The number of piperidine rings is 1. The lowest BCUT2D eigenvalue weighted by Crippen LogP contribution is -2.62. The Morgan fingerprint density at radius 1 is 0.806 bits per heavy atom. The lowest BCUT2D eigenvalue weighted by Gasteiger charge is -2.54. The third-order valence-electron chi connectivity index (χ3n) is 10.3. The van der Waals surface area contributed by atoms with Crippen molar-refractivity contribution in [2.45, 2.75) is 108 Å². The van der Waals surface area contributed by atoms with Gasteiger partial charge in [-0.2, -0.15) is 0 Å². The van der Waals surface area contributed by atoms with Gasteiger partial charge in [0.25, 0.3) is 0 Å². The van der Waals surface area contributed by atoms with Gasteiger partial charge in [-0.3, -0.25) is 9.80 Å². The zero-order valence-electron chi connectivity index (χ0n) is 21.6. The van der Waals surface area contributed by atoms with Crippen LogP contribution in [0.1, 0.15) is 83.5 Å². The van der Waals surface area contributed by atoms with Crippen LogP contribution in [0, 0.1) is 17.8 Å². The van der Waals surface area contributed by atoms with E-state index in [9.17, 15) is 14.7 Å². The molecule has 3 saturated carbocycles. The summed E-state index contributed by atoms with van der Waals surface area (Å²) in [6, 6.07) is 10.7. The number of rotatable bonds is 4. The number of aliphatic carboxylic acids is 1. The lowest BCUT2D eigenvalue weighted by atomic mass is 9.68. The number of benzene rings is 1. The number of carbonyl (C=O) groups is 2. The molecule has 4 bridgehead atoms. The molecule has 6 nitrogen and oxygen atoms in total. The maximum atomic E-state index is 14.1. The van der Waals surface area contributed by atoms with Crippen molar-refractivity contribution in [2.75, 3.05) is 18.0 Å². The van der Waals surface area contributed by atoms with Crippen molar-refractivity contribution in [2.24, 2.45) is 17.8 Å². The zero-order valence-corrected chi connectivity index (χ0v) is 21.6. The first-order chi connectivity index (χ1) is 17.6. The molecule has 3 saturated heterocycles. The van der Waals surface area contributed by atoms with Gasteiger partial charge in [-0.1, -0.05) is 50.3 Å². The molecule has 196 valence electrons. The Morgan fingerprint density at radius 3 is 2.31 bits per heavy atom. The number of amides is 2. The van der Waals surface area contributed by atoms with Crippen LogP contribution in [-0.4, -0.2) is 64.2 Å². The zero-order chi connectivity index (χ0) is 24.6. The topological polar surface area (TPSA) is 64.1 Å². The molecule has 2 amide bonds. The number of hydrogen-bond donors (Lipinski definition) is 1. The Kier molecular flexibility index (Phi) is 6.98. The molecule has 7 atom stereocenters. The maximum absolute atomic E-state index is 14.1. The molecule has 0 radical (unpaired) electrons. The molecule has 6 fully saturated rings. The fourth-order valence-electron chi connectivity index (χ4n) is 8.66. The summed E-state index contributed by atoms with van der Waals surface area (Å²) in [5.41, 5.74) is 0.925. The molecular weight excluding hydrogens is 450 g/mol. The Bertz CT molecular complexity index is 927. The van der Waals surface area contributed by atoms with Gasteiger partial charge in [-0.15, -0.1) is 0 Å². The third-order valence-corrected chi connectivity index (χ3v) is 10.3. The summed E-state index contributed by atoms with van der Waals surface area (Å²) < 4.78 is 0. The number of nitrogens with zero attached hydrogens (tertiary/aromatic N) is 3. The number of carboxylic acids is 1. The second-order valence-corrected chi connectivity index (χ2v) is 12.4. The monoisotopic (exact) mass is 493 g/mol. The van der Waals surface area contributed by atoms with Gasteiger partial charge in [0, 0.05) is 36.9 Å². The first-order valence-corrected chi connectivity index (χ1v) is 14.7. The van der Waals surface area contributed by atoms with Crippen molar-refractivity contribution in [1.82, 2.24) is 9.80 Å². The number of carboxylic acid groups (broad SMARTS) is 1. The second-order valence-electron chi connectivity index (χ2n) is 12.4. The predicted molar refractivity (Wildman–Crippen MR) is 141 cm³/mol. The number of urea groups is 1. The molecule has 1 aromatic carbocycles. The minimum atomic E-state index is -0.873. The molecule has 6 aliphatic rings. The van der Waals surface area contributed by atoms with Crippen LogP contribution in [0.25, 0.3) is 0 Å². The minimum absolute atomic E-state index is 0.0962. The van der Waals surface area contributed by atoms with Crippen LogP contribution in [0.5, 0.6) is 0 Å². The van der Waals surface area contributed by atoms with Crippen molar-refractivity contribution < 1.29 is 14.7 Å². The molecule has 3 aliphatic carbocycles. The van der Waals surface area contributed by atoms with Crippen LogP contribution in [0.2, 0.25) is 0 Å². The largest absolute Gasteiger partial charge is 0.480 e. The van der Waals surface area contributed by atoms with Gasteiger partial charge in [0.2, 0.25) is 0 Å². The predicted octanol–water partition coefficient (Wildman–Crippen LogP) is 5.76. The van der Waals surface area contributed by atoms with Gasteiger partial charge in [0.05, 0.1) is 0 Å². The molecule has 1 N–H and O–H groups in total. The van der Waals surface area contributed by atoms with Crippen LogP contribution in [0.3, 0.4) is 0 Å². The van der Waals surface area contributed by atoms with Crippen LogP contribution in [0.15, 0.2) is 30.3 Å². The molecule has 3 aliphatic heterocycles. The molecule has 6 heteroatoms. The normalized spacial score (nSPS) is 36.8. The first-order valence-electron chi connectivity index (χ1n) is 14.7. The Balaban J connectivity index is 1.28. The molecule has 0 spiro atoms. The number of para-hydroxylation sites is 1. The van der Waals surface area contributed by atoms with Gasteiger partial charge in [-0.05, 0) is 81.3 Å². The number of fused-ring (bicyclic) bond motifs is 7. The van der Waals surface area contributed by atoms with Crippen molar-refractivity contribution in [1.29, 1.82) is 0 Å². The van der Waals surface area contributed by atoms with E-state index in [1.807, 2.05) is 35.2 Å². The van der Waals surface area contributed by atoms with E-state index in [0.717, 1.165) is 49.4 Å². The van der Waals surface area contributed by atoms with Crippen LogP contribution in [-0.2, 0) is 4.79 Å². The highest BCUT2D eigenvalue weighted by Crippen LogP contribution is 2.45. The van der Waals surface area contributed by atoms with E-state index in [4.69, 9.17) is 0 Å². The maximum Gasteiger partial charge on any atom is 0.326 e. The van der Waals surface area contributed by atoms with E-state index in [1.165, 1.54) is 57.8 Å². The Labute approximate surface area is 216 Å². The van der Waals surface area contributed by atoms with Gasteiger partial charge < -0.3 is 10.0 Å². The average molecular weight is 494 g/mol. The molecule has 7 rings (SSSR count). The molecule has 3 unspecified atom stereocenters. The van der Waals surface area contributed by atoms with E-state index >= 15 is 0 Å². The van der Waals surface area contributed by atoms with E-state index in [2.05, 4.69) is 4.90 Å². The number of likely N-dealkylation sites (tertiary alicyclic amines) is 1. The molecular formula is C30H43N3O3. The standard InChI is InChI=1S/C30H43N3O3/c34-29(35)27-14-7-15-31(27)30(36)33(24-11-2-1-3-12-24)28-19-25-13-5-4-10-23(28)20-32(25)26-17-21-8-6-9-22(16-21)18-26/h1-3,11-12,21-23,25-28H,4-10,13-20H2,(H,34,35)/t21-,22+,23?,25-,26?,27?,28+/m1/s1. The minimum Gasteiger partial charge on any atom is -0.480 e. The lowest BCUT2D eigenvalue weighted by molar-refractivity contribution is -0.141. The van der Waals surface area contributed by atoms with Gasteiger partial charge in [0.1, 0.15) is 6.04 Å². The van der Waals surface area contributed by atoms with E-state index < -0.39 is 12.0 Å². The number of carbonyl (C=O) groups excluding carboxylic acids is 1. The first kappa shape index (κ1) is 24.3. The van der Waals surface area contributed by atoms with Crippen LogP contribution < -0.4 is 4.90 Å². The molecule has 0 aromatic heterocycles. The van der Waals surface area contributed by atoms with Crippen LogP contribution >= 0.6 is 0 Å². The van der Waals surface area contributed by atoms with Crippen molar-refractivity contribution in [3.8, 4) is 0 Å². The van der Waals surface area contributed by atoms with Gasteiger partial charge in [-0.25, -0.2) is 9.59 Å². The molecule has 1 aromatic rings. The summed E-state index contributed by atoms with van der Waals surface area (Å²) in [7, 11) is 0. The average Bonchev–Trinajstić information content (AvgIpc) is 3.36. The van der Waals surface area contributed by atoms with E-state index in [-0.39, 0.29) is 12.1 Å². The SMILES string of the molecule is O=C(O)C1CCCN1C(=O)N(c1ccccc1)[C@H]1C[C@H]2CCCCC1CN2C1C[C@H]2CCC[C@@H](C1)C2. The van der Waals surface area contributed by atoms with Crippen molar-refractivity contribution in [3.63, 3.8) is 0 Å². The highest BCUT2D eigenvalue weighted by atomic mass is 16.4. The smallest absolute Gasteiger partial charge is 0.326 e. The number of hydrogen-bond acceptors (Lipinski definition) is 3.